The molecule has 2 aromatic rings. The Kier molecular flexibility index (Phi) is 4.29. The summed E-state index contributed by atoms with van der Waals surface area (Å²) in [6.07, 6.45) is 0. The van der Waals surface area contributed by atoms with Crippen LogP contribution >= 0.6 is 0 Å². The van der Waals surface area contributed by atoms with Crippen LogP contribution in [0.2, 0.25) is 0 Å². The smallest absolute Gasteiger partial charge is 0.335 e. The first-order valence-corrected chi connectivity index (χ1v) is 7.40. The van der Waals surface area contributed by atoms with Gasteiger partial charge in [0.05, 0.1) is 12.2 Å². The molecule has 0 spiro atoms. The molecule has 1 N–H and O–H groups in total. The van der Waals surface area contributed by atoms with Gasteiger partial charge in [0, 0.05) is 6.07 Å². The van der Waals surface area contributed by atoms with Crippen LogP contribution in [0.4, 0.5) is 10.7 Å². The van der Waals surface area contributed by atoms with E-state index in [-0.39, 0.29) is 12.4 Å². The lowest BCUT2D eigenvalue weighted by atomic mass is 10.2. The second-order valence-electron chi connectivity index (χ2n) is 5.43. The van der Waals surface area contributed by atoms with E-state index in [4.69, 9.17) is 4.52 Å². The molecule has 0 bridgehead atoms. The second kappa shape index (κ2) is 6.56. The first-order chi connectivity index (χ1) is 12.0. The number of amides is 5. The van der Waals surface area contributed by atoms with Crippen LogP contribution in [0.25, 0.3) is 0 Å². The van der Waals surface area contributed by atoms with Crippen molar-refractivity contribution in [1.29, 1.82) is 0 Å². The molecule has 1 aromatic carbocycles. The molecule has 25 heavy (non-hydrogen) atoms. The lowest BCUT2D eigenvalue weighted by Crippen LogP contribution is -2.38. The van der Waals surface area contributed by atoms with E-state index in [1.807, 2.05) is 0 Å². The molecular formula is C16H14N4O5. The summed E-state index contributed by atoms with van der Waals surface area (Å²) in [5.74, 6) is -2.58. The van der Waals surface area contributed by atoms with E-state index in [0.29, 0.717) is 16.2 Å². The monoisotopic (exact) mass is 342 g/mol. The molecule has 1 saturated heterocycles. The maximum atomic E-state index is 12.3. The van der Waals surface area contributed by atoms with Gasteiger partial charge in [0.2, 0.25) is 11.8 Å². The number of benzene rings is 1. The van der Waals surface area contributed by atoms with E-state index in [0.717, 1.165) is 4.90 Å². The van der Waals surface area contributed by atoms with Crippen LogP contribution in [-0.4, -0.2) is 45.3 Å². The van der Waals surface area contributed by atoms with Crippen molar-refractivity contribution >= 4 is 29.6 Å². The Hall–Kier alpha value is -3.49. The van der Waals surface area contributed by atoms with Gasteiger partial charge in [-0.3, -0.25) is 24.6 Å². The van der Waals surface area contributed by atoms with Crippen molar-refractivity contribution in [2.45, 2.75) is 13.5 Å². The molecule has 9 nitrogen and oxygen atoms in total. The minimum atomic E-state index is -1.04. The molecule has 0 aliphatic carbocycles. The number of hydrogen-bond acceptors (Lipinski definition) is 6. The molecule has 2 heterocycles. The summed E-state index contributed by atoms with van der Waals surface area (Å²) in [4.78, 5) is 49.7. The zero-order chi connectivity index (χ0) is 18.0. The lowest BCUT2D eigenvalue weighted by Gasteiger charge is -2.15. The van der Waals surface area contributed by atoms with Gasteiger partial charge in [0.1, 0.15) is 6.54 Å². The minimum Gasteiger partial charge on any atom is -0.338 e. The summed E-state index contributed by atoms with van der Waals surface area (Å²) in [6, 6.07) is 9.42. The van der Waals surface area contributed by atoms with E-state index < -0.39 is 30.3 Å². The summed E-state index contributed by atoms with van der Waals surface area (Å²) < 4.78 is 4.83. The minimum absolute atomic E-state index is 0.0380. The highest BCUT2D eigenvalue weighted by Gasteiger charge is 2.45. The van der Waals surface area contributed by atoms with Gasteiger partial charge < -0.3 is 4.52 Å². The fourth-order valence-corrected chi connectivity index (χ4v) is 2.34. The zero-order valence-electron chi connectivity index (χ0n) is 13.3. The average molecular weight is 342 g/mol. The Balaban J connectivity index is 1.67. The largest absolute Gasteiger partial charge is 0.338 e. The maximum Gasteiger partial charge on any atom is 0.335 e. The number of hydrogen-bond donors (Lipinski definition) is 1. The van der Waals surface area contributed by atoms with Crippen LogP contribution < -0.4 is 5.32 Å². The Bertz CT molecular complexity index is 845. The molecular weight excluding hydrogens is 328 g/mol. The van der Waals surface area contributed by atoms with Crippen molar-refractivity contribution in [3.05, 3.63) is 47.7 Å². The van der Waals surface area contributed by atoms with Crippen molar-refractivity contribution in [2.24, 2.45) is 0 Å². The molecule has 0 radical (unpaired) electrons. The van der Waals surface area contributed by atoms with E-state index >= 15 is 0 Å². The number of rotatable bonds is 5. The molecule has 9 heteroatoms. The van der Waals surface area contributed by atoms with Gasteiger partial charge in [0.15, 0.2) is 0 Å². The fourth-order valence-electron chi connectivity index (χ4n) is 2.34. The highest BCUT2D eigenvalue weighted by molar-refractivity contribution is 6.45. The second-order valence-corrected chi connectivity index (χ2v) is 5.43. The predicted octanol–water partition coefficient (Wildman–Crippen LogP) is 0.913. The third-order valence-electron chi connectivity index (χ3n) is 3.51. The number of aryl methyl sites for hydroxylation is 1. The van der Waals surface area contributed by atoms with Crippen molar-refractivity contribution in [3.8, 4) is 0 Å². The van der Waals surface area contributed by atoms with Crippen LogP contribution in [0.1, 0.15) is 11.3 Å². The fraction of sp³-hybridized carbons (Fsp3) is 0.188. The normalized spacial score (nSPS) is 14.4. The number of imide groups is 2. The van der Waals surface area contributed by atoms with E-state index in [1.165, 1.54) is 6.07 Å². The number of anilines is 1. The number of aromatic nitrogens is 1. The van der Waals surface area contributed by atoms with Crippen LogP contribution in [0, 0.1) is 6.92 Å². The Morgan fingerprint density at radius 3 is 2.44 bits per heavy atom. The van der Waals surface area contributed by atoms with Crippen molar-refractivity contribution in [1.82, 2.24) is 15.0 Å². The highest BCUT2D eigenvalue weighted by atomic mass is 16.5. The van der Waals surface area contributed by atoms with Crippen molar-refractivity contribution < 1.29 is 23.7 Å². The first kappa shape index (κ1) is 16.4. The Morgan fingerprint density at radius 1 is 1.12 bits per heavy atom. The predicted molar refractivity (Wildman–Crippen MR) is 84.0 cm³/mol. The Morgan fingerprint density at radius 2 is 1.80 bits per heavy atom. The average Bonchev–Trinajstić information content (AvgIpc) is 3.08. The molecule has 0 atom stereocenters. The van der Waals surface area contributed by atoms with Gasteiger partial charge in [0.25, 0.3) is 0 Å². The molecule has 3 rings (SSSR count). The molecule has 1 aliphatic rings. The summed E-state index contributed by atoms with van der Waals surface area (Å²) in [5.41, 5.74) is 1.26. The zero-order valence-corrected chi connectivity index (χ0v) is 13.3. The summed E-state index contributed by atoms with van der Waals surface area (Å²) in [6.45, 7) is 1.05. The van der Waals surface area contributed by atoms with Gasteiger partial charge in [-0.05, 0) is 12.5 Å². The van der Waals surface area contributed by atoms with Gasteiger partial charge in [-0.25, -0.2) is 9.69 Å². The van der Waals surface area contributed by atoms with Gasteiger partial charge in [-0.2, -0.15) is 0 Å². The van der Waals surface area contributed by atoms with Gasteiger partial charge in [-0.15, -0.1) is 0 Å². The number of urea groups is 1. The molecule has 1 aromatic heterocycles. The molecule has 1 aliphatic heterocycles. The van der Waals surface area contributed by atoms with Crippen LogP contribution in [0.15, 0.2) is 40.9 Å². The van der Waals surface area contributed by atoms with Crippen molar-refractivity contribution in [2.75, 3.05) is 11.9 Å². The van der Waals surface area contributed by atoms with Crippen LogP contribution in [-0.2, 0) is 20.9 Å². The summed E-state index contributed by atoms with van der Waals surface area (Å²) in [7, 11) is 0. The number of nitrogens with zero attached hydrogens (tertiary/aromatic N) is 3. The molecule has 1 fully saturated rings. The first-order valence-electron chi connectivity index (χ1n) is 7.40. The number of carbonyl (C=O) groups is 4. The van der Waals surface area contributed by atoms with Crippen LogP contribution in [0.5, 0.6) is 0 Å². The molecule has 0 unspecified atom stereocenters. The third-order valence-corrected chi connectivity index (χ3v) is 3.51. The SMILES string of the molecule is Cc1cc(NC(=O)CN2C(=O)C(=O)N(Cc3ccccc3)C2=O)on1. The number of nitrogens with one attached hydrogen (secondary N) is 1. The Labute approximate surface area is 142 Å². The van der Waals surface area contributed by atoms with Gasteiger partial charge >= 0.3 is 17.8 Å². The van der Waals surface area contributed by atoms with Crippen molar-refractivity contribution in [3.63, 3.8) is 0 Å². The molecule has 128 valence electrons. The standard InChI is InChI=1S/C16H14N4O5/c1-10-7-13(25-18-10)17-12(21)9-20-15(23)14(22)19(16(20)24)8-11-5-3-2-4-6-11/h2-7H,8-9H2,1H3,(H,17,21). The maximum absolute atomic E-state index is 12.3. The lowest BCUT2D eigenvalue weighted by molar-refractivity contribution is -0.143. The number of carbonyl (C=O) groups excluding carboxylic acids is 4. The third kappa shape index (κ3) is 3.39. The summed E-state index contributed by atoms with van der Waals surface area (Å²) >= 11 is 0. The summed E-state index contributed by atoms with van der Waals surface area (Å²) in [5, 5.41) is 5.97. The quantitative estimate of drug-likeness (QED) is 0.638. The van der Waals surface area contributed by atoms with E-state index in [9.17, 15) is 19.2 Å². The van der Waals surface area contributed by atoms with Gasteiger partial charge in [-0.1, -0.05) is 35.5 Å². The molecule has 0 saturated carbocycles. The highest BCUT2D eigenvalue weighted by Crippen LogP contribution is 2.16. The topological polar surface area (TPSA) is 113 Å². The van der Waals surface area contributed by atoms with E-state index in [1.54, 1.807) is 37.3 Å². The molecule has 5 amide bonds. The van der Waals surface area contributed by atoms with Crippen LogP contribution in [0.3, 0.4) is 0 Å². The van der Waals surface area contributed by atoms with E-state index in [2.05, 4.69) is 10.5 Å².